The highest BCUT2D eigenvalue weighted by molar-refractivity contribution is 6.01. The quantitative estimate of drug-likeness (QED) is 0.0183. The number of benzene rings is 2. The van der Waals surface area contributed by atoms with E-state index in [4.69, 9.17) is 23.8 Å². The Labute approximate surface area is 636 Å². The van der Waals surface area contributed by atoms with Crippen molar-refractivity contribution in [2.75, 3.05) is 78.5 Å². The van der Waals surface area contributed by atoms with Gasteiger partial charge in [0.25, 0.3) is 11.8 Å². The highest BCUT2D eigenvalue weighted by Crippen LogP contribution is 2.29. The number of nitrogens with one attached hydrogen (secondary N) is 7. The zero-order chi connectivity index (χ0) is 79.9. The molecule has 30 nitrogen and oxygen atoms in total. The van der Waals surface area contributed by atoms with Crippen LogP contribution in [-0.2, 0) is 92.5 Å². The van der Waals surface area contributed by atoms with Crippen LogP contribution in [0.1, 0.15) is 211 Å². The van der Waals surface area contributed by atoms with Crippen LogP contribution in [0.2, 0.25) is 0 Å². The lowest BCUT2D eigenvalue weighted by Crippen LogP contribution is -2.52. The molecule has 1 unspecified atom stereocenters. The van der Waals surface area contributed by atoms with Crippen molar-refractivity contribution in [1.82, 2.24) is 57.0 Å². The summed E-state index contributed by atoms with van der Waals surface area (Å²) in [6, 6.07) is 8.73. The monoisotopic (exact) mass is 1520 g/mol. The molecule has 0 radical (unpaired) electrons. The van der Waals surface area contributed by atoms with E-state index in [-0.39, 0.29) is 145 Å². The molecule has 602 valence electrons. The first-order valence-corrected chi connectivity index (χ1v) is 38.3. The number of hydrogen-bond acceptors (Lipinski definition) is 22. The standard InChI is InChI=1S/C78H121N11O19/c1-52(90)58(84-74(103)85-60(73(102)107-78(11,12)13)34-37-66(95)104-75(2,3)4)24-18-21-39-80-72(101)61(47-54-30-31-55-22-14-15-23-57(55)46-54)83-70(99)56-32-28-53(29-33-56)48-81-71(100)59(82-62(91)26-16-17-27-67(96)108-89-64(93)35-36-65(89)94)25-19-20-38-79-63(92)49-86-40-42-87(50-68(97)105-76(5,6)7)44-45-88(43-41-86)51-69(98)106-77(8,9)10/h14-15,22-23,30-31,46,53,56,58-61H,16-21,24-29,32-45,47-51H2,1-13H3,(H,79,92)(H,80,101)(H,81,100)(H,82,91)(H,83,99)(H2,84,85,103)/t53?,56?,58-,59-,60-,61?/m0/s1. The number of rotatable bonds is 38. The molecule has 2 aliphatic heterocycles. The molecule has 1 saturated carbocycles. The molecular weight excluding hydrogens is 1390 g/mol. The van der Waals surface area contributed by atoms with Gasteiger partial charge in [0.2, 0.25) is 29.5 Å². The van der Waals surface area contributed by atoms with Crippen LogP contribution in [0, 0.1) is 11.8 Å². The van der Waals surface area contributed by atoms with Crippen LogP contribution in [0.5, 0.6) is 0 Å². The summed E-state index contributed by atoms with van der Waals surface area (Å²) in [4.78, 5) is 194. The van der Waals surface area contributed by atoms with Gasteiger partial charge in [0, 0.05) is 103 Å². The minimum absolute atomic E-state index is 0.0247. The maximum absolute atomic E-state index is 14.2. The Morgan fingerprint density at radius 2 is 0.963 bits per heavy atom. The molecule has 2 aromatic carbocycles. The minimum atomic E-state index is -1.23. The third-order valence-electron chi connectivity index (χ3n) is 18.0. The molecule has 5 rings (SSSR count). The van der Waals surface area contributed by atoms with Crippen molar-refractivity contribution in [3.8, 4) is 0 Å². The SMILES string of the molecule is CC(=O)[C@H](CCCCNC(=O)C(Cc1ccc2ccccc2c1)NC(=O)C1CCC(CNC(=O)[C@H](CCCCNC(=O)CN2CCN(CC(=O)OC(C)(C)C)CCN(CC(=O)OC(C)(C)C)CC2)NC(=O)CCCCC(=O)ON2C(=O)CCC2=O)CC1)NC(=O)N[C@@H](CCC(=O)OC(C)(C)C)C(=O)OC(C)(C)C. The van der Waals surface area contributed by atoms with Crippen LogP contribution in [0.4, 0.5) is 4.79 Å². The number of carbonyl (C=O) groups is 14. The van der Waals surface area contributed by atoms with Gasteiger partial charge in [0.05, 0.1) is 25.7 Å². The fraction of sp³-hybridized carbons (Fsp3) is 0.692. The number of urea groups is 1. The summed E-state index contributed by atoms with van der Waals surface area (Å²) in [5.74, 6) is -6.73. The Morgan fingerprint density at radius 3 is 1.52 bits per heavy atom. The average Bonchev–Trinajstić information content (AvgIpc) is 1.01. The molecule has 1 aliphatic carbocycles. The number of ketones is 1. The minimum Gasteiger partial charge on any atom is -0.460 e. The number of carbonyl (C=O) groups excluding carboxylic acids is 14. The van der Waals surface area contributed by atoms with Gasteiger partial charge in [0.1, 0.15) is 40.5 Å². The van der Waals surface area contributed by atoms with Gasteiger partial charge in [-0.25, -0.2) is 14.4 Å². The van der Waals surface area contributed by atoms with Gasteiger partial charge >= 0.3 is 35.9 Å². The maximum Gasteiger partial charge on any atom is 0.333 e. The molecule has 2 aromatic rings. The second-order valence-corrected chi connectivity index (χ2v) is 32.4. The Balaban J connectivity index is 1.16. The molecule has 9 amide bonds. The summed E-state index contributed by atoms with van der Waals surface area (Å²) in [5, 5.41) is 22.5. The van der Waals surface area contributed by atoms with Gasteiger partial charge in [-0.2, -0.15) is 0 Å². The third-order valence-corrected chi connectivity index (χ3v) is 18.0. The van der Waals surface area contributed by atoms with Crippen molar-refractivity contribution in [3.63, 3.8) is 0 Å². The summed E-state index contributed by atoms with van der Waals surface area (Å²) >= 11 is 0. The predicted octanol–water partition coefficient (Wildman–Crippen LogP) is 5.71. The van der Waals surface area contributed by atoms with Gasteiger partial charge in [-0.05, 0) is 196 Å². The average molecular weight is 1520 g/mol. The zero-order valence-corrected chi connectivity index (χ0v) is 66.0. The van der Waals surface area contributed by atoms with Crippen molar-refractivity contribution in [2.45, 2.75) is 259 Å². The van der Waals surface area contributed by atoms with Crippen molar-refractivity contribution in [3.05, 3.63) is 48.0 Å². The van der Waals surface area contributed by atoms with E-state index in [1.165, 1.54) is 6.92 Å². The van der Waals surface area contributed by atoms with Gasteiger partial charge in [0.15, 0.2) is 5.78 Å². The van der Waals surface area contributed by atoms with E-state index in [1.54, 1.807) is 83.1 Å². The summed E-state index contributed by atoms with van der Waals surface area (Å²) in [5.41, 5.74) is -2.19. The fourth-order valence-electron chi connectivity index (χ4n) is 12.5. The lowest BCUT2D eigenvalue weighted by atomic mass is 9.81. The first kappa shape index (κ1) is 90.0. The molecule has 2 heterocycles. The first-order chi connectivity index (χ1) is 50.7. The Hall–Kier alpha value is -8.64. The Bertz CT molecular complexity index is 3340. The molecule has 7 N–H and O–H groups in total. The smallest absolute Gasteiger partial charge is 0.333 e. The molecule has 3 aliphatic rings. The van der Waals surface area contributed by atoms with E-state index in [9.17, 15) is 67.1 Å². The van der Waals surface area contributed by atoms with Gasteiger partial charge in [-0.1, -0.05) is 42.5 Å². The number of hydrogen-bond donors (Lipinski definition) is 7. The maximum atomic E-state index is 14.2. The third kappa shape index (κ3) is 36.0. The normalized spacial score (nSPS) is 17.6. The summed E-state index contributed by atoms with van der Waals surface area (Å²) < 4.78 is 22.1. The number of esters is 4. The Morgan fingerprint density at radius 1 is 0.463 bits per heavy atom. The molecule has 4 atom stereocenters. The molecule has 0 aromatic heterocycles. The van der Waals surface area contributed by atoms with Crippen molar-refractivity contribution < 1.29 is 90.9 Å². The summed E-state index contributed by atoms with van der Waals surface area (Å²) in [7, 11) is 0. The van der Waals surface area contributed by atoms with E-state index < -0.39 is 106 Å². The number of nitrogens with zero attached hydrogens (tertiary/aromatic N) is 4. The summed E-state index contributed by atoms with van der Waals surface area (Å²) in [6.45, 7) is 25.9. The van der Waals surface area contributed by atoms with E-state index in [0.29, 0.717) is 95.7 Å². The number of Topliss-reactive ketones (excluding diaryl/α,β-unsaturated/α-hetero) is 1. The molecule has 30 heteroatoms. The Kier molecular flexibility index (Phi) is 36.3. The van der Waals surface area contributed by atoms with Crippen LogP contribution >= 0.6 is 0 Å². The first-order valence-electron chi connectivity index (χ1n) is 38.3. The number of imide groups is 1. The van der Waals surface area contributed by atoms with Crippen LogP contribution in [0.3, 0.4) is 0 Å². The van der Waals surface area contributed by atoms with Gasteiger partial charge in [-0.3, -0.25) is 67.4 Å². The largest absolute Gasteiger partial charge is 0.460 e. The zero-order valence-electron chi connectivity index (χ0n) is 66.0. The van der Waals surface area contributed by atoms with E-state index in [1.807, 2.05) is 57.2 Å². The van der Waals surface area contributed by atoms with E-state index in [0.717, 1.165) is 16.3 Å². The topological polar surface area (TPSA) is 382 Å². The number of fused-ring (bicyclic) bond motifs is 1. The molecule has 3 fully saturated rings. The van der Waals surface area contributed by atoms with Crippen LogP contribution in [0.25, 0.3) is 10.8 Å². The molecule has 0 spiro atoms. The van der Waals surface area contributed by atoms with Crippen molar-refractivity contribution >= 4 is 93.8 Å². The summed E-state index contributed by atoms with van der Waals surface area (Å²) in [6.07, 6.45) is 4.16. The molecule has 0 bridgehead atoms. The molecule has 2 saturated heterocycles. The second-order valence-electron chi connectivity index (χ2n) is 32.4. The number of amides is 9. The second kappa shape index (κ2) is 43.5. The highest BCUT2D eigenvalue weighted by Gasteiger charge is 2.36. The van der Waals surface area contributed by atoms with E-state index in [2.05, 4.69) is 37.2 Å². The highest BCUT2D eigenvalue weighted by atomic mass is 16.7. The number of unbranched alkanes of at least 4 members (excludes halogenated alkanes) is 3. The van der Waals surface area contributed by atoms with E-state index >= 15 is 0 Å². The van der Waals surface area contributed by atoms with Crippen molar-refractivity contribution in [2.24, 2.45) is 11.8 Å². The molecular formula is C78H121N11O19. The predicted molar refractivity (Wildman–Crippen MR) is 401 cm³/mol. The lowest BCUT2D eigenvalue weighted by molar-refractivity contribution is -0.197. The van der Waals surface area contributed by atoms with Gasteiger partial charge in [-0.15, -0.1) is 5.06 Å². The number of ether oxygens (including phenoxy) is 4. The van der Waals surface area contributed by atoms with Crippen LogP contribution < -0.4 is 37.2 Å². The van der Waals surface area contributed by atoms with Crippen molar-refractivity contribution in [1.29, 1.82) is 0 Å². The van der Waals surface area contributed by atoms with Crippen LogP contribution in [-0.4, -0.2) is 228 Å². The van der Waals surface area contributed by atoms with Crippen LogP contribution in [0.15, 0.2) is 42.5 Å². The molecule has 108 heavy (non-hydrogen) atoms. The number of hydroxylamine groups is 2. The fourth-order valence-corrected chi connectivity index (χ4v) is 12.5. The van der Waals surface area contributed by atoms with Gasteiger partial charge < -0.3 is 61.0 Å². The lowest BCUT2D eigenvalue weighted by Gasteiger charge is -2.30.